The zero-order valence-electron chi connectivity index (χ0n) is 12.0. The molecule has 0 saturated carbocycles. The third kappa shape index (κ3) is 2.19. The lowest BCUT2D eigenvalue weighted by Crippen LogP contribution is -2.03. The van der Waals surface area contributed by atoms with E-state index < -0.39 is 0 Å². The molecule has 106 valence electrons. The number of furan rings is 1. The molecule has 4 rings (SSSR count). The monoisotopic (exact) mass is 286 g/mol. The van der Waals surface area contributed by atoms with Crippen LogP contribution in [0, 0.1) is 0 Å². The SMILES string of the molecule is O=C(Cc1ccccc1)c1ccc2oc3ccccc3c2c1. The second-order valence-electron chi connectivity index (χ2n) is 5.39. The molecule has 0 amide bonds. The first-order chi connectivity index (χ1) is 10.8. The minimum atomic E-state index is 0.124. The van der Waals surface area contributed by atoms with Gasteiger partial charge in [0, 0.05) is 22.8 Å². The maximum Gasteiger partial charge on any atom is 0.167 e. The standard InChI is InChI=1S/C20H14O2/c21-18(12-14-6-2-1-3-7-14)15-10-11-20-17(13-15)16-8-4-5-9-19(16)22-20/h1-11,13H,12H2. The smallest absolute Gasteiger partial charge is 0.167 e. The molecule has 0 spiro atoms. The van der Waals surface area contributed by atoms with Gasteiger partial charge in [0.1, 0.15) is 11.2 Å². The number of carbonyl (C=O) groups excluding carboxylic acids is 1. The number of carbonyl (C=O) groups is 1. The Morgan fingerprint density at radius 1 is 0.773 bits per heavy atom. The van der Waals surface area contributed by atoms with Gasteiger partial charge in [-0.1, -0.05) is 48.5 Å². The average Bonchev–Trinajstić information content (AvgIpc) is 2.93. The second-order valence-corrected chi connectivity index (χ2v) is 5.39. The molecule has 0 fully saturated rings. The molecule has 1 aromatic heterocycles. The van der Waals surface area contributed by atoms with Crippen LogP contribution in [0.1, 0.15) is 15.9 Å². The summed E-state index contributed by atoms with van der Waals surface area (Å²) in [4.78, 5) is 12.5. The van der Waals surface area contributed by atoms with E-state index in [9.17, 15) is 4.79 Å². The van der Waals surface area contributed by atoms with Crippen molar-refractivity contribution in [1.29, 1.82) is 0 Å². The summed E-state index contributed by atoms with van der Waals surface area (Å²) in [5.74, 6) is 0.124. The van der Waals surface area contributed by atoms with Crippen LogP contribution in [0.25, 0.3) is 21.9 Å². The molecule has 0 radical (unpaired) electrons. The van der Waals surface area contributed by atoms with Crippen molar-refractivity contribution >= 4 is 27.7 Å². The van der Waals surface area contributed by atoms with E-state index >= 15 is 0 Å². The lowest BCUT2D eigenvalue weighted by molar-refractivity contribution is 0.0993. The lowest BCUT2D eigenvalue weighted by atomic mass is 10.0. The normalized spacial score (nSPS) is 11.1. The summed E-state index contributed by atoms with van der Waals surface area (Å²) in [5, 5.41) is 2.04. The Bertz CT molecular complexity index is 965. The predicted molar refractivity (Wildman–Crippen MR) is 88.2 cm³/mol. The van der Waals surface area contributed by atoms with Crippen LogP contribution in [-0.4, -0.2) is 5.78 Å². The summed E-state index contributed by atoms with van der Waals surface area (Å²) in [6.45, 7) is 0. The zero-order valence-corrected chi connectivity index (χ0v) is 12.0. The highest BCUT2D eigenvalue weighted by molar-refractivity contribution is 6.08. The van der Waals surface area contributed by atoms with Crippen LogP contribution in [0.4, 0.5) is 0 Å². The molecular weight excluding hydrogens is 272 g/mol. The Labute approximate surface area is 128 Å². The number of hydrogen-bond donors (Lipinski definition) is 0. The molecule has 0 aliphatic heterocycles. The van der Waals surface area contributed by atoms with E-state index in [1.165, 1.54) is 0 Å². The highest BCUT2D eigenvalue weighted by atomic mass is 16.3. The molecular formula is C20H14O2. The van der Waals surface area contributed by atoms with Crippen LogP contribution in [-0.2, 0) is 6.42 Å². The molecule has 0 aliphatic carbocycles. The van der Waals surface area contributed by atoms with Crippen molar-refractivity contribution in [3.8, 4) is 0 Å². The van der Waals surface area contributed by atoms with E-state index in [2.05, 4.69) is 0 Å². The van der Waals surface area contributed by atoms with Gasteiger partial charge in [-0.15, -0.1) is 0 Å². The van der Waals surface area contributed by atoms with Crippen molar-refractivity contribution < 1.29 is 9.21 Å². The van der Waals surface area contributed by atoms with E-state index in [1.807, 2.05) is 72.8 Å². The molecule has 4 aromatic rings. The highest BCUT2D eigenvalue weighted by Crippen LogP contribution is 2.29. The fourth-order valence-electron chi connectivity index (χ4n) is 2.78. The van der Waals surface area contributed by atoms with Gasteiger partial charge in [0.2, 0.25) is 0 Å². The van der Waals surface area contributed by atoms with Crippen LogP contribution < -0.4 is 0 Å². The largest absolute Gasteiger partial charge is 0.456 e. The molecule has 22 heavy (non-hydrogen) atoms. The van der Waals surface area contributed by atoms with Crippen LogP contribution >= 0.6 is 0 Å². The summed E-state index contributed by atoms with van der Waals surface area (Å²) in [5.41, 5.74) is 3.43. The number of rotatable bonds is 3. The minimum absolute atomic E-state index is 0.124. The zero-order chi connectivity index (χ0) is 14.9. The van der Waals surface area contributed by atoms with E-state index in [4.69, 9.17) is 4.42 Å². The molecule has 2 nitrogen and oxygen atoms in total. The Morgan fingerprint density at radius 3 is 2.36 bits per heavy atom. The summed E-state index contributed by atoms with van der Waals surface area (Å²) in [6, 6.07) is 23.4. The molecule has 3 aromatic carbocycles. The number of ketones is 1. The van der Waals surface area contributed by atoms with Crippen molar-refractivity contribution in [2.75, 3.05) is 0 Å². The van der Waals surface area contributed by atoms with Gasteiger partial charge in [-0.2, -0.15) is 0 Å². The number of benzene rings is 3. The van der Waals surface area contributed by atoms with Crippen LogP contribution in [0.2, 0.25) is 0 Å². The van der Waals surface area contributed by atoms with Gasteiger partial charge >= 0.3 is 0 Å². The third-order valence-corrected chi connectivity index (χ3v) is 3.91. The summed E-state index contributed by atoms with van der Waals surface area (Å²) in [6.07, 6.45) is 0.419. The third-order valence-electron chi connectivity index (χ3n) is 3.91. The molecule has 0 aliphatic rings. The van der Waals surface area contributed by atoms with E-state index in [0.717, 1.165) is 33.1 Å². The number of para-hydroxylation sites is 1. The van der Waals surface area contributed by atoms with Crippen molar-refractivity contribution in [3.05, 3.63) is 83.9 Å². The number of Topliss-reactive ketones (excluding diaryl/α,β-unsaturated/α-hetero) is 1. The van der Waals surface area contributed by atoms with Gasteiger partial charge in [-0.25, -0.2) is 0 Å². The summed E-state index contributed by atoms with van der Waals surface area (Å²) in [7, 11) is 0. The van der Waals surface area contributed by atoms with Crippen LogP contribution in [0.15, 0.2) is 77.2 Å². The predicted octanol–water partition coefficient (Wildman–Crippen LogP) is 5.01. The summed E-state index contributed by atoms with van der Waals surface area (Å²) >= 11 is 0. The maximum atomic E-state index is 12.5. The molecule has 2 heteroatoms. The fraction of sp³-hybridized carbons (Fsp3) is 0.0500. The fourth-order valence-corrected chi connectivity index (χ4v) is 2.78. The first-order valence-electron chi connectivity index (χ1n) is 7.30. The number of hydrogen-bond acceptors (Lipinski definition) is 2. The highest BCUT2D eigenvalue weighted by Gasteiger charge is 2.11. The maximum absolute atomic E-state index is 12.5. The van der Waals surface area contributed by atoms with Gasteiger partial charge < -0.3 is 4.42 Å². The molecule has 0 atom stereocenters. The first kappa shape index (κ1) is 12.8. The molecule has 0 N–H and O–H groups in total. The van der Waals surface area contributed by atoms with Gasteiger partial charge in [0.25, 0.3) is 0 Å². The lowest BCUT2D eigenvalue weighted by Gasteiger charge is -2.01. The Kier molecular flexibility index (Phi) is 3.01. The van der Waals surface area contributed by atoms with Gasteiger partial charge in [0.05, 0.1) is 0 Å². The topological polar surface area (TPSA) is 30.2 Å². The van der Waals surface area contributed by atoms with Gasteiger partial charge in [-0.05, 0) is 29.8 Å². The van der Waals surface area contributed by atoms with E-state index in [0.29, 0.717) is 6.42 Å². The van der Waals surface area contributed by atoms with E-state index in [-0.39, 0.29) is 5.78 Å². The first-order valence-corrected chi connectivity index (χ1v) is 7.30. The van der Waals surface area contributed by atoms with Crippen LogP contribution in [0.5, 0.6) is 0 Å². The summed E-state index contributed by atoms with van der Waals surface area (Å²) < 4.78 is 5.79. The molecule has 0 unspecified atom stereocenters. The van der Waals surface area contributed by atoms with Crippen molar-refractivity contribution in [2.24, 2.45) is 0 Å². The van der Waals surface area contributed by atoms with Crippen molar-refractivity contribution in [2.45, 2.75) is 6.42 Å². The molecule has 0 saturated heterocycles. The minimum Gasteiger partial charge on any atom is -0.456 e. The molecule has 0 bridgehead atoms. The van der Waals surface area contributed by atoms with Gasteiger partial charge in [0.15, 0.2) is 5.78 Å². The Hall–Kier alpha value is -2.87. The van der Waals surface area contributed by atoms with Crippen molar-refractivity contribution in [3.63, 3.8) is 0 Å². The molecule has 1 heterocycles. The van der Waals surface area contributed by atoms with Crippen LogP contribution in [0.3, 0.4) is 0 Å². The average molecular weight is 286 g/mol. The van der Waals surface area contributed by atoms with Crippen molar-refractivity contribution in [1.82, 2.24) is 0 Å². The Morgan fingerprint density at radius 2 is 1.50 bits per heavy atom. The van der Waals surface area contributed by atoms with E-state index in [1.54, 1.807) is 0 Å². The number of fused-ring (bicyclic) bond motifs is 3. The quantitative estimate of drug-likeness (QED) is 0.495. The second kappa shape index (κ2) is 5.15. The Balaban J connectivity index is 1.75. The van der Waals surface area contributed by atoms with Gasteiger partial charge in [-0.3, -0.25) is 4.79 Å².